The van der Waals surface area contributed by atoms with Gasteiger partial charge in [0.2, 0.25) is 0 Å². The summed E-state index contributed by atoms with van der Waals surface area (Å²) < 4.78 is 7.44. The molecule has 100 valence electrons. The molecule has 1 fully saturated rings. The van der Waals surface area contributed by atoms with E-state index in [1.165, 1.54) is 29.8 Å². The normalized spacial score (nSPS) is 18.7. The first-order valence-corrected chi connectivity index (χ1v) is 6.70. The van der Waals surface area contributed by atoms with E-state index in [2.05, 4.69) is 33.9 Å². The van der Waals surface area contributed by atoms with Crippen molar-refractivity contribution in [2.45, 2.75) is 25.8 Å². The molecule has 0 radical (unpaired) electrons. The van der Waals surface area contributed by atoms with Crippen molar-refractivity contribution in [2.24, 2.45) is 0 Å². The molecule has 1 aliphatic heterocycles. The molecule has 0 aliphatic carbocycles. The molecule has 19 heavy (non-hydrogen) atoms. The van der Waals surface area contributed by atoms with Crippen LogP contribution < -0.4 is 10.1 Å². The number of nitrogens with zero attached hydrogens (tertiary/aromatic N) is 2. The van der Waals surface area contributed by atoms with Crippen LogP contribution >= 0.6 is 0 Å². The molecular formula is C15H19N3O. The van der Waals surface area contributed by atoms with Crippen molar-refractivity contribution in [1.29, 1.82) is 0 Å². The fraction of sp³-hybridized carbons (Fsp3) is 0.400. The van der Waals surface area contributed by atoms with Crippen LogP contribution in [0.25, 0.3) is 5.69 Å². The Morgan fingerprint density at radius 3 is 3.00 bits per heavy atom. The number of imidazole rings is 1. The highest BCUT2D eigenvalue weighted by Crippen LogP contribution is 2.27. The highest BCUT2D eigenvalue weighted by Gasteiger charge is 2.20. The van der Waals surface area contributed by atoms with Crippen LogP contribution in [0.5, 0.6) is 5.75 Å². The molecule has 1 atom stereocenters. The van der Waals surface area contributed by atoms with Crippen LogP contribution in [0.15, 0.2) is 30.7 Å². The van der Waals surface area contributed by atoms with Crippen LogP contribution in [0.2, 0.25) is 0 Å². The number of hydrogen-bond donors (Lipinski definition) is 1. The summed E-state index contributed by atoms with van der Waals surface area (Å²) in [6, 6.07) is 6.56. The number of rotatable bonds is 3. The Hall–Kier alpha value is -1.81. The lowest BCUT2D eigenvalue weighted by atomic mass is 10.1. The van der Waals surface area contributed by atoms with Gasteiger partial charge in [0.05, 0.1) is 31.0 Å². The number of aryl methyl sites for hydroxylation is 1. The predicted molar refractivity (Wildman–Crippen MR) is 74.8 cm³/mol. The number of hydrogen-bond acceptors (Lipinski definition) is 3. The van der Waals surface area contributed by atoms with Crippen molar-refractivity contribution in [3.8, 4) is 11.4 Å². The summed E-state index contributed by atoms with van der Waals surface area (Å²) in [5.41, 5.74) is 3.60. The Morgan fingerprint density at radius 1 is 1.42 bits per heavy atom. The molecular weight excluding hydrogens is 238 g/mol. The fourth-order valence-corrected chi connectivity index (χ4v) is 2.73. The number of methoxy groups -OCH3 is 1. The van der Waals surface area contributed by atoms with Crippen molar-refractivity contribution in [1.82, 2.24) is 14.9 Å². The van der Waals surface area contributed by atoms with E-state index in [1.54, 1.807) is 7.11 Å². The van der Waals surface area contributed by atoms with E-state index in [4.69, 9.17) is 4.74 Å². The monoisotopic (exact) mass is 257 g/mol. The van der Waals surface area contributed by atoms with Crippen molar-refractivity contribution >= 4 is 0 Å². The highest BCUT2D eigenvalue weighted by molar-refractivity contribution is 5.46. The number of aromatic nitrogens is 2. The molecule has 1 aromatic heterocycles. The molecule has 2 heterocycles. The van der Waals surface area contributed by atoms with E-state index >= 15 is 0 Å². The summed E-state index contributed by atoms with van der Waals surface area (Å²) in [6.07, 6.45) is 6.27. The lowest BCUT2D eigenvalue weighted by Crippen LogP contribution is -2.16. The number of nitrogens with one attached hydrogen (secondary N) is 1. The van der Waals surface area contributed by atoms with Gasteiger partial charge in [-0.15, -0.1) is 0 Å². The van der Waals surface area contributed by atoms with Gasteiger partial charge in [-0.05, 0) is 50.1 Å². The lowest BCUT2D eigenvalue weighted by molar-refractivity contribution is 0.414. The average Bonchev–Trinajstić information content (AvgIpc) is 3.08. The third kappa shape index (κ3) is 2.24. The van der Waals surface area contributed by atoms with Gasteiger partial charge >= 0.3 is 0 Å². The average molecular weight is 257 g/mol. The van der Waals surface area contributed by atoms with Crippen LogP contribution in [0, 0.1) is 6.92 Å². The van der Waals surface area contributed by atoms with Gasteiger partial charge in [-0.1, -0.05) is 0 Å². The maximum Gasteiger partial charge on any atom is 0.119 e. The molecule has 1 saturated heterocycles. The molecule has 0 spiro atoms. The molecule has 0 saturated carbocycles. The zero-order valence-electron chi connectivity index (χ0n) is 11.4. The largest absolute Gasteiger partial charge is 0.497 e. The Labute approximate surface area is 113 Å². The summed E-state index contributed by atoms with van der Waals surface area (Å²) in [6.45, 7) is 3.20. The van der Waals surface area contributed by atoms with Gasteiger partial charge < -0.3 is 14.6 Å². The van der Waals surface area contributed by atoms with Crippen LogP contribution in [0.3, 0.4) is 0 Å². The second-order valence-corrected chi connectivity index (χ2v) is 4.99. The van der Waals surface area contributed by atoms with Gasteiger partial charge in [0.1, 0.15) is 5.75 Å². The molecule has 0 amide bonds. The van der Waals surface area contributed by atoms with E-state index < -0.39 is 0 Å². The Morgan fingerprint density at radius 2 is 2.32 bits per heavy atom. The van der Waals surface area contributed by atoms with Crippen molar-refractivity contribution in [3.63, 3.8) is 0 Å². The fourth-order valence-electron chi connectivity index (χ4n) is 2.73. The molecule has 4 heteroatoms. The minimum absolute atomic E-state index is 0.420. The van der Waals surface area contributed by atoms with Crippen molar-refractivity contribution in [2.75, 3.05) is 13.7 Å². The maximum absolute atomic E-state index is 5.26. The third-order valence-electron chi connectivity index (χ3n) is 3.75. The Kier molecular flexibility index (Phi) is 3.25. The summed E-state index contributed by atoms with van der Waals surface area (Å²) in [7, 11) is 1.69. The predicted octanol–water partition coefficient (Wildman–Crippen LogP) is 2.61. The Bertz CT molecular complexity index is 571. The summed E-state index contributed by atoms with van der Waals surface area (Å²) in [5.74, 6) is 0.891. The van der Waals surface area contributed by atoms with E-state index in [9.17, 15) is 0 Å². The van der Waals surface area contributed by atoms with E-state index in [1.807, 2.05) is 18.6 Å². The van der Waals surface area contributed by atoms with Gasteiger partial charge in [-0.2, -0.15) is 0 Å². The first kappa shape index (κ1) is 12.2. The first-order valence-electron chi connectivity index (χ1n) is 6.70. The summed E-state index contributed by atoms with van der Waals surface area (Å²) in [4.78, 5) is 4.32. The van der Waals surface area contributed by atoms with E-state index in [0.29, 0.717) is 6.04 Å². The van der Waals surface area contributed by atoms with Gasteiger partial charge in [0.25, 0.3) is 0 Å². The lowest BCUT2D eigenvalue weighted by Gasteiger charge is -2.16. The minimum Gasteiger partial charge on any atom is -0.497 e. The SMILES string of the molecule is COc1ccc(-n2cncc2[C@@H]2CCCN2)c(C)c1. The van der Waals surface area contributed by atoms with Crippen molar-refractivity contribution in [3.05, 3.63) is 42.0 Å². The van der Waals surface area contributed by atoms with Crippen LogP contribution in [-0.2, 0) is 0 Å². The number of benzene rings is 1. The molecule has 4 nitrogen and oxygen atoms in total. The van der Waals surface area contributed by atoms with E-state index in [-0.39, 0.29) is 0 Å². The maximum atomic E-state index is 5.26. The third-order valence-corrected chi connectivity index (χ3v) is 3.75. The van der Waals surface area contributed by atoms with Gasteiger partial charge in [-0.25, -0.2) is 4.98 Å². The van der Waals surface area contributed by atoms with E-state index in [0.717, 1.165) is 12.3 Å². The summed E-state index contributed by atoms with van der Waals surface area (Å²) >= 11 is 0. The molecule has 1 aliphatic rings. The van der Waals surface area contributed by atoms with Gasteiger partial charge in [0.15, 0.2) is 0 Å². The zero-order valence-corrected chi connectivity index (χ0v) is 11.4. The van der Waals surface area contributed by atoms with Crippen LogP contribution in [0.4, 0.5) is 0 Å². The molecule has 2 aromatic rings. The Balaban J connectivity index is 2.00. The smallest absolute Gasteiger partial charge is 0.119 e. The summed E-state index contributed by atoms with van der Waals surface area (Å²) in [5, 5.41) is 3.53. The zero-order chi connectivity index (χ0) is 13.2. The van der Waals surface area contributed by atoms with Gasteiger partial charge in [0, 0.05) is 6.04 Å². The molecule has 1 N–H and O–H groups in total. The molecule has 0 unspecified atom stereocenters. The topological polar surface area (TPSA) is 39.1 Å². The second kappa shape index (κ2) is 5.05. The molecule has 3 rings (SSSR count). The van der Waals surface area contributed by atoms with Crippen LogP contribution in [-0.4, -0.2) is 23.2 Å². The highest BCUT2D eigenvalue weighted by atomic mass is 16.5. The first-order chi connectivity index (χ1) is 9.29. The number of ether oxygens (including phenoxy) is 1. The minimum atomic E-state index is 0.420. The standard InChI is InChI=1S/C15H19N3O/c1-11-8-12(19-2)5-6-14(11)18-10-16-9-15(18)13-4-3-7-17-13/h5-6,8-10,13,17H,3-4,7H2,1-2H3/t13-/m0/s1. The quantitative estimate of drug-likeness (QED) is 0.918. The second-order valence-electron chi connectivity index (χ2n) is 4.99. The van der Waals surface area contributed by atoms with Crippen LogP contribution in [0.1, 0.15) is 30.1 Å². The molecule has 0 bridgehead atoms. The van der Waals surface area contributed by atoms with Crippen molar-refractivity contribution < 1.29 is 4.74 Å². The van der Waals surface area contributed by atoms with Gasteiger partial charge in [-0.3, -0.25) is 0 Å². The molecule has 1 aromatic carbocycles.